The van der Waals surface area contributed by atoms with E-state index in [1.54, 1.807) is 31.2 Å². The number of aliphatic carboxylic acids is 1. The normalized spacial score (nSPS) is 23.7. The van der Waals surface area contributed by atoms with Gasteiger partial charge in [-0.25, -0.2) is 0 Å². The van der Waals surface area contributed by atoms with Crippen LogP contribution in [0, 0.1) is 5.92 Å². The highest BCUT2D eigenvalue weighted by Gasteiger charge is 2.41. The molecule has 0 saturated heterocycles. The van der Waals surface area contributed by atoms with Crippen molar-refractivity contribution in [2.75, 3.05) is 0 Å². The zero-order valence-corrected chi connectivity index (χ0v) is 11.9. The number of nitrogens with one attached hydrogen (secondary N) is 1. The molecule has 1 aromatic carbocycles. The van der Waals surface area contributed by atoms with E-state index in [1.807, 2.05) is 6.07 Å². The molecule has 4 heteroatoms. The van der Waals surface area contributed by atoms with Gasteiger partial charge in [0.1, 0.15) is 0 Å². The molecule has 1 aliphatic carbocycles. The SMILES string of the molecule is CCC1CC1NC(=O)CC(C)(C(=O)O)c1ccccc1. The molecule has 1 amide bonds. The summed E-state index contributed by atoms with van der Waals surface area (Å²) in [4.78, 5) is 23.7. The first-order valence-corrected chi connectivity index (χ1v) is 7.05. The maximum Gasteiger partial charge on any atom is 0.314 e. The standard InChI is InChI=1S/C16H21NO3/c1-3-11-9-13(11)17-14(18)10-16(2,15(19)20)12-7-5-4-6-8-12/h4-8,11,13H,3,9-10H2,1-2H3,(H,17,18)(H,19,20). The molecule has 0 heterocycles. The molecule has 2 rings (SSSR count). The summed E-state index contributed by atoms with van der Waals surface area (Å²) < 4.78 is 0. The third-order valence-electron chi connectivity index (χ3n) is 4.19. The van der Waals surface area contributed by atoms with Crippen molar-refractivity contribution in [1.29, 1.82) is 0 Å². The molecule has 0 spiro atoms. The summed E-state index contributed by atoms with van der Waals surface area (Å²) in [5, 5.41) is 12.4. The van der Waals surface area contributed by atoms with Crippen molar-refractivity contribution in [1.82, 2.24) is 5.32 Å². The van der Waals surface area contributed by atoms with Gasteiger partial charge in [0.15, 0.2) is 0 Å². The van der Waals surface area contributed by atoms with Gasteiger partial charge in [0, 0.05) is 12.5 Å². The summed E-state index contributed by atoms with van der Waals surface area (Å²) >= 11 is 0. The maximum absolute atomic E-state index is 12.1. The molecule has 1 aliphatic rings. The van der Waals surface area contributed by atoms with Crippen molar-refractivity contribution in [3.8, 4) is 0 Å². The summed E-state index contributed by atoms with van der Waals surface area (Å²) in [6, 6.07) is 9.18. The Balaban J connectivity index is 2.06. The van der Waals surface area contributed by atoms with Gasteiger partial charge >= 0.3 is 5.97 Å². The number of carboxylic acids is 1. The van der Waals surface area contributed by atoms with Crippen LogP contribution >= 0.6 is 0 Å². The lowest BCUT2D eigenvalue weighted by Crippen LogP contribution is -2.39. The lowest BCUT2D eigenvalue weighted by atomic mass is 9.79. The van der Waals surface area contributed by atoms with E-state index in [0.29, 0.717) is 11.5 Å². The Labute approximate surface area is 119 Å². The van der Waals surface area contributed by atoms with Crippen molar-refractivity contribution in [3.63, 3.8) is 0 Å². The van der Waals surface area contributed by atoms with E-state index in [0.717, 1.165) is 12.8 Å². The highest BCUT2D eigenvalue weighted by molar-refractivity contribution is 5.89. The topological polar surface area (TPSA) is 66.4 Å². The number of hydrogen-bond donors (Lipinski definition) is 2. The summed E-state index contributed by atoms with van der Waals surface area (Å²) in [5.74, 6) is -0.590. The molecule has 20 heavy (non-hydrogen) atoms. The summed E-state index contributed by atoms with van der Waals surface area (Å²) in [6.45, 7) is 3.70. The molecule has 1 fully saturated rings. The molecule has 0 aromatic heterocycles. The molecule has 0 bridgehead atoms. The van der Waals surface area contributed by atoms with Crippen molar-refractivity contribution >= 4 is 11.9 Å². The van der Waals surface area contributed by atoms with E-state index < -0.39 is 11.4 Å². The fraction of sp³-hybridized carbons (Fsp3) is 0.500. The molecule has 0 radical (unpaired) electrons. The molecule has 4 nitrogen and oxygen atoms in total. The largest absolute Gasteiger partial charge is 0.481 e. The van der Waals surface area contributed by atoms with Crippen LogP contribution in [-0.4, -0.2) is 23.0 Å². The average Bonchev–Trinajstić information content (AvgIpc) is 3.17. The van der Waals surface area contributed by atoms with E-state index in [9.17, 15) is 14.7 Å². The van der Waals surface area contributed by atoms with Crippen LogP contribution in [0.25, 0.3) is 0 Å². The summed E-state index contributed by atoms with van der Waals surface area (Å²) in [6.07, 6.45) is 2.04. The van der Waals surface area contributed by atoms with Gasteiger partial charge in [-0.05, 0) is 24.8 Å². The number of amides is 1. The summed E-state index contributed by atoms with van der Waals surface area (Å²) in [5.41, 5.74) is -0.521. The van der Waals surface area contributed by atoms with Gasteiger partial charge in [0.2, 0.25) is 5.91 Å². The minimum Gasteiger partial charge on any atom is -0.481 e. The Hall–Kier alpha value is -1.84. The Morgan fingerprint density at radius 1 is 1.35 bits per heavy atom. The van der Waals surface area contributed by atoms with Crippen LogP contribution in [0.1, 0.15) is 38.7 Å². The van der Waals surface area contributed by atoms with E-state index in [4.69, 9.17) is 0 Å². The zero-order chi connectivity index (χ0) is 14.8. The first-order chi connectivity index (χ1) is 9.47. The van der Waals surface area contributed by atoms with Crippen molar-refractivity contribution in [2.45, 2.75) is 44.6 Å². The van der Waals surface area contributed by atoms with Crippen molar-refractivity contribution in [3.05, 3.63) is 35.9 Å². The van der Waals surface area contributed by atoms with Gasteiger partial charge in [-0.3, -0.25) is 9.59 Å². The number of benzene rings is 1. The second-order valence-corrected chi connectivity index (χ2v) is 5.76. The highest BCUT2D eigenvalue weighted by Crippen LogP contribution is 2.34. The lowest BCUT2D eigenvalue weighted by molar-refractivity contribution is -0.145. The van der Waals surface area contributed by atoms with E-state index in [-0.39, 0.29) is 18.4 Å². The first kappa shape index (κ1) is 14.6. The van der Waals surface area contributed by atoms with Crippen LogP contribution in [-0.2, 0) is 15.0 Å². The number of carboxylic acid groups (broad SMARTS) is 1. The molecule has 1 saturated carbocycles. The molecule has 3 unspecified atom stereocenters. The fourth-order valence-electron chi connectivity index (χ4n) is 2.56. The van der Waals surface area contributed by atoms with E-state index in [1.165, 1.54) is 0 Å². The molecular weight excluding hydrogens is 254 g/mol. The minimum atomic E-state index is -1.18. The van der Waals surface area contributed by atoms with Gasteiger partial charge in [-0.1, -0.05) is 43.7 Å². The van der Waals surface area contributed by atoms with Crippen LogP contribution in [0.15, 0.2) is 30.3 Å². The quantitative estimate of drug-likeness (QED) is 0.837. The second-order valence-electron chi connectivity index (χ2n) is 5.76. The average molecular weight is 275 g/mol. The third kappa shape index (κ3) is 3.00. The predicted molar refractivity (Wildman–Crippen MR) is 76.4 cm³/mol. The molecule has 1 aromatic rings. The third-order valence-corrected chi connectivity index (χ3v) is 4.19. The van der Waals surface area contributed by atoms with Gasteiger partial charge in [-0.2, -0.15) is 0 Å². The fourth-order valence-corrected chi connectivity index (χ4v) is 2.56. The lowest BCUT2D eigenvalue weighted by Gasteiger charge is -2.24. The Bertz CT molecular complexity index is 500. The molecule has 0 aliphatic heterocycles. The van der Waals surface area contributed by atoms with Crippen LogP contribution in [0.3, 0.4) is 0 Å². The molecule has 108 valence electrons. The van der Waals surface area contributed by atoms with Crippen LogP contribution in [0.4, 0.5) is 0 Å². The van der Waals surface area contributed by atoms with Crippen LogP contribution in [0.2, 0.25) is 0 Å². The summed E-state index contributed by atoms with van der Waals surface area (Å²) in [7, 11) is 0. The molecule has 2 N–H and O–H groups in total. The zero-order valence-electron chi connectivity index (χ0n) is 11.9. The molecule has 3 atom stereocenters. The smallest absolute Gasteiger partial charge is 0.314 e. The monoisotopic (exact) mass is 275 g/mol. The second kappa shape index (κ2) is 5.65. The van der Waals surface area contributed by atoms with Gasteiger partial charge < -0.3 is 10.4 Å². The Morgan fingerprint density at radius 3 is 2.50 bits per heavy atom. The predicted octanol–water partition coefficient (Wildman–Crippen LogP) is 2.33. The van der Waals surface area contributed by atoms with Crippen LogP contribution < -0.4 is 5.32 Å². The Morgan fingerprint density at radius 2 is 2.00 bits per heavy atom. The number of carbonyl (C=O) groups is 2. The number of hydrogen-bond acceptors (Lipinski definition) is 2. The van der Waals surface area contributed by atoms with Gasteiger partial charge in [-0.15, -0.1) is 0 Å². The Kier molecular flexibility index (Phi) is 4.12. The van der Waals surface area contributed by atoms with E-state index in [2.05, 4.69) is 12.2 Å². The highest BCUT2D eigenvalue weighted by atomic mass is 16.4. The van der Waals surface area contributed by atoms with Crippen molar-refractivity contribution < 1.29 is 14.7 Å². The van der Waals surface area contributed by atoms with Crippen molar-refractivity contribution in [2.24, 2.45) is 5.92 Å². The number of rotatable bonds is 6. The maximum atomic E-state index is 12.1. The van der Waals surface area contributed by atoms with Crippen LogP contribution in [0.5, 0.6) is 0 Å². The number of carbonyl (C=O) groups excluding carboxylic acids is 1. The van der Waals surface area contributed by atoms with E-state index >= 15 is 0 Å². The first-order valence-electron chi connectivity index (χ1n) is 7.05. The minimum absolute atomic E-state index is 0.0285. The molecular formula is C16H21NO3. The van der Waals surface area contributed by atoms with Gasteiger partial charge in [0.05, 0.1) is 5.41 Å². The van der Waals surface area contributed by atoms with Gasteiger partial charge in [0.25, 0.3) is 0 Å².